The van der Waals surface area contributed by atoms with Crippen LogP contribution in [0, 0.1) is 0 Å². The van der Waals surface area contributed by atoms with Crippen LogP contribution in [0.15, 0.2) is 24.3 Å². The molecule has 1 unspecified atom stereocenters. The topological polar surface area (TPSA) is 29.5 Å². The van der Waals surface area contributed by atoms with Gasteiger partial charge in [-0.15, -0.1) is 0 Å². The Balaban J connectivity index is 1.82. The Kier molecular flexibility index (Phi) is 4.76. The van der Waals surface area contributed by atoms with Crippen LogP contribution in [-0.4, -0.2) is 37.4 Å². The van der Waals surface area contributed by atoms with Crippen molar-refractivity contribution < 1.29 is 9.53 Å². The van der Waals surface area contributed by atoms with E-state index >= 15 is 0 Å². The molecule has 18 heavy (non-hydrogen) atoms. The van der Waals surface area contributed by atoms with Crippen molar-refractivity contribution in [2.75, 3.05) is 20.2 Å². The van der Waals surface area contributed by atoms with E-state index in [0.29, 0.717) is 24.0 Å². The molecule has 0 bridgehead atoms. The lowest BCUT2D eigenvalue weighted by molar-refractivity contribution is 0.111. The number of likely N-dealkylation sites (tertiary alicyclic amines) is 1. The summed E-state index contributed by atoms with van der Waals surface area (Å²) in [6.45, 7) is 1.87. The average Bonchev–Trinajstić information content (AvgIpc) is 2.41. The minimum absolute atomic E-state index is 0.627. The molecule has 0 amide bonds. The van der Waals surface area contributed by atoms with Crippen LogP contribution >= 0.6 is 0 Å². The van der Waals surface area contributed by atoms with Gasteiger partial charge in [0.2, 0.25) is 0 Å². The maximum absolute atomic E-state index is 10.9. The number of benzene rings is 1. The molecule has 3 heteroatoms. The molecule has 1 heterocycles. The predicted octanol–water partition coefficient (Wildman–Crippen LogP) is 2.75. The smallest absolute Gasteiger partial charge is 0.153 e. The first-order chi connectivity index (χ1) is 8.81. The number of para-hydroxylation sites is 1. The van der Waals surface area contributed by atoms with E-state index in [-0.39, 0.29) is 0 Å². The van der Waals surface area contributed by atoms with Gasteiger partial charge in [0.25, 0.3) is 0 Å². The average molecular weight is 247 g/mol. The van der Waals surface area contributed by atoms with Crippen molar-refractivity contribution in [3.8, 4) is 5.75 Å². The number of rotatable bonds is 5. The Morgan fingerprint density at radius 3 is 3.00 bits per heavy atom. The Bertz CT molecular complexity index is 392. The van der Waals surface area contributed by atoms with Crippen molar-refractivity contribution in [3.05, 3.63) is 29.8 Å². The van der Waals surface area contributed by atoms with Gasteiger partial charge in [-0.25, -0.2) is 0 Å². The van der Waals surface area contributed by atoms with E-state index in [1.54, 1.807) is 6.07 Å². The molecular weight excluding hydrogens is 226 g/mol. The zero-order valence-electron chi connectivity index (χ0n) is 11.0. The molecule has 0 N–H and O–H groups in total. The van der Waals surface area contributed by atoms with E-state index in [1.807, 2.05) is 18.2 Å². The number of piperidine rings is 1. The van der Waals surface area contributed by atoms with Gasteiger partial charge in [-0.3, -0.25) is 4.79 Å². The summed E-state index contributed by atoms with van der Waals surface area (Å²) in [4.78, 5) is 13.3. The van der Waals surface area contributed by atoms with E-state index in [4.69, 9.17) is 4.74 Å². The molecule has 3 nitrogen and oxygen atoms in total. The van der Waals surface area contributed by atoms with Crippen LogP contribution in [0.3, 0.4) is 0 Å². The molecule has 1 fully saturated rings. The highest BCUT2D eigenvalue weighted by atomic mass is 16.5. The number of hydrogen-bond acceptors (Lipinski definition) is 3. The number of nitrogens with zero attached hydrogens (tertiary/aromatic N) is 1. The standard InChI is InChI=1S/C15H21NO2/c1-16-10-5-4-7-14(16)9-11-18-15-8-3-2-6-13(15)12-17/h2-3,6,8,12,14H,4-5,7,9-11H2,1H3. The van der Waals surface area contributed by atoms with Crippen LogP contribution in [0.4, 0.5) is 0 Å². The minimum Gasteiger partial charge on any atom is -0.493 e. The molecule has 0 aromatic heterocycles. The molecule has 2 rings (SSSR count). The normalized spacial score (nSPS) is 20.6. The highest BCUT2D eigenvalue weighted by Gasteiger charge is 2.18. The van der Waals surface area contributed by atoms with Crippen molar-refractivity contribution in [1.82, 2.24) is 4.90 Å². The largest absolute Gasteiger partial charge is 0.493 e. The summed E-state index contributed by atoms with van der Waals surface area (Å²) in [5, 5.41) is 0. The molecule has 0 aliphatic carbocycles. The molecule has 0 spiro atoms. The van der Waals surface area contributed by atoms with E-state index in [0.717, 1.165) is 12.7 Å². The molecule has 0 saturated carbocycles. The van der Waals surface area contributed by atoms with E-state index in [2.05, 4.69) is 11.9 Å². The Hall–Kier alpha value is -1.35. The van der Waals surface area contributed by atoms with Crippen molar-refractivity contribution in [3.63, 3.8) is 0 Å². The van der Waals surface area contributed by atoms with Crippen molar-refractivity contribution in [2.24, 2.45) is 0 Å². The predicted molar refractivity (Wildman–Crippen MR) is 72.2 cm³/mol. The Morgan fingerprint density at radius 2 is 2.22 bits per heavy atom. The third-order valence-electron chi connectivity index (χ3n) is 3.68. The van der Waals surface area contributed by atoms with Gasteiger partial charge < -0.3 is 9.64 Å². The number of carbonyl (C=O) groups is 1. The summed E-state index contributed by atoms with van der Waals surface area (Å²) in [5.41, 5.74) is 0.634. The molecule has 1 atom stereocenters. The molecular formula is C15H21NO2. The van der Waals surface area contributed by atoms with Gasteiger partial charge >= 0.3 is 0 Å². The first-order valence-corrected chi connectivity index (χ1v) is 6.68. The number of aldehydes is 1. The fraction of sp³-hybridized carbons (Fsp3) is 0.533. The lowest BCUT2D eigenvalue weighted by Crippen LogP contribution is -2.37. The van der Waals surface area contributed by atoms with Crippen LogP contribution < -0.4 is 4.74 Å². The highest BCUT2D eigenvalue weighted by Crippen LogP contribution is 2.20. The lowest BCUT2D eigenvalue weighted by Gasteiger charge is -2.32. The quantitative estimate of drug-likeness (QED) is 0.749. The molecule has 1 aliphatic rings. The zero-order chi connectivity index (χ0) is 12.8. The lowest BCUT2D eigenvalue weighted by atomic mass is 10.0. The van der Waals surface area contributed by atoms with Gasteiger partial charge in [0.1, 0.15) is 5.75 Å². The molecule has 1 aliphatic heterocycles. The molecule has 1 aromatic carbocycles. The van der Waals surface area contributed by atoms with Crippen LogP contribution in [0.1, 0.15) is 36.0 Å². The summed E-state index contributed by atoms with van der Waals surface area (Å²) in [7, 11) is 2.18. The second kappa shape index (κ2) is 6.55. The Labute approximate surface area is 109 Å². The zero-order valence-corrected chi connectivity index (χ0v) is 11.0. The van der Waals surface area contributed by atoms with Crippen LogP contribution in [0.2, 0.25) is 0 Å². The van der Waals surface area contributed by atoms with Crippen molar-refractivity contribution >= 4 is 6.29 Å². The van der Waals surface area contributed by atoms with Crippen LogP contribution in [0.25, 0.3) is 0 Å². The first-order valence-electron chi connectivity index (χ1n) is 6.68. The Morgan fingerprint density at radius 1 is 1.39 bits per heavy atom. The SMILES string of the molecule is CN1CCCCC1CCOc1ccccc1C=O. The summed E-state index contributed by atoms with van der Waals surface area (Å²) in [6.07, 6.45) is 5.77. The maximum Gasteiger partial charge on any atom is 0.153 e. The van der Waals surface area contributed by atoms with E-state index in [9.17, 15) is 4.79 Å². The third kappa shape index (κ3) is 3.33. The molecule has 0 radical (unpaired) electrons. The number of carbonyl (C=O) groups excluding carboxylic acids is 1. The molecule has 98 valence electrons. The first kappa shape index (κ1) is 13.1. The second-order valence-corrected chi connectivity index (χ2v) is 4.92. The highest BCUT2D eigenvalue weighted by molar-refractivity contribution is 5.79. The minimum atomic E-state index is 0.627. The second-order valence-electron chi connectivity index (χ2n) is 4.92. The van der Waals surface area contributed by atoms with Crippen molar-refractivity contribution in [1.29, 1.82) is 0 Å². The summed E-state index contributed by atoms with van der Waals surface area (Å²) in [5.74, 6) is 0.700. The van der Waals surface area contributed by atoms with Gasteiger partial charge in [-0.1, -0.05) is 18.6 Å². The number of hydrogen-bond donors (Lipinski definition) is 0. The summed E-state index contributed by atoms with van der Waals surface area (Å²) >= 11 is 0. The fourth-order valence-electron chi connectivity index (χ4n) is 2.52. The third-order valence-corrected chi connectivity index (χ3v) is 3.68. The number of ether oxygens (including phenoxy) is 1. The van der Waals surface area contributed by atoms with Crippen molar-refractivity contribution in [2.45, 2.75) is 31.7 Å². The monoisotopic (exact) mass is 247 g/mol. The maximum atomic E-state index is 10.9. The van der Waals surface area contributed by atoms with Gasteiger partial charge in [0, 0.05) is 6.04 Å². The van der Waals surface area contributed by atoms with Gasteiger partial charge in [0.15, 0.2) is 6.29 Å². The summed E-state index contributed by atoms with van der Waals surface area (Å²) < 4.78 is 5.72. The fourth-order valence-corrected chi connectivity index (χ4v) is 2.52. The molecule has 1 saturated heterocycles. The molecule has 1 aromatic rings. The van der Waals surface area contributed by atoms with Crippen LogP contribution in [-0.2, 0) is 0 Å². The summed E-state index contributed by atoms with van der Waals surface area (Å²) in [6, 6.07) is 8.02. The van der Waals surface area contributed by atoms with E-state index in [1.165, 1.54) is 25.8 Å². The van der Waals surface area contributed by atoms with E-state index < -0.39 is 0 Å². The van der Waals surface area contributed by atoms with Gasteiger partial charge in [-0.2, -0.15) is 0 Å². The van der Waals surface area contributed by atoms with Crippen LogP contribution in [0.5, 0.6) is 5.75 Å². The van der Waals surface area contributed by atoms with Gasteiger partial charge in [-0.05, 0) is 45.0 Å². The van der Waals surface area contributed by atoms with Gasteiger partial charge in [0.05, 0.1) is 12.2 Å².